The Morgan fingerprint density at radius 2 is 1.76 bits per heavy atom. The number of amides is 1. The van der Waals surface area contributed by atoms with E-state index in [0.717, 1.165) is 11.8 Å². The minimum absolute atomic E-state index is 0.0258. The van der Waals surface area contributed by atoms with Crippen LogP contribution in [-0.2, 0) is 6.18 Å². The van der Waals surface area contributed by atoms with Gasteiger partial charge < -0.3 is 9.84 Å². The van der Waals surface area contributed by atoms with Crippen molar-refractivity contribution in [2.45, 2.75) is 26.1 Å². The number of aromatic nitrogens is 4. The molecule has 4 rings (SSSR count). The van der Waals surface area contributed by atoms with Crippen LogP contribution < -0.4 is 5.32 Å². The third kappa shape index (κ3) is 4.61. The Morgan fingerprint density at radius 1 is 1.09 bits per heavy atom. The highest BCUT2D eigenvalue weighted by molar-refractivity contribution is 5.95. The molecule has 0 saturated carbocycles. The zero-order valence-electron chi connectivity index (χ0n) is 17.4. The van der Waals surface area contributed by atoms with Crippen LogP contribution in [0.5, 0.6) is 0 Å². The number of alkyl halides is 3. The van der Waals surface area contributed by atoms with Crippen LogP contribution in [0.3, 0.4) is 0 Å². The predicted molar refractivity (Wildman–Crippen MR) is 109 cm³/mol. The highest BCUT2D eigenvalue weighted by atomic mass is 19.4. The highest BCUT2D eigenvalue weighted by Gasteiger charge is 2.41. The van der Waals surface area contributed by atoms with E-state index in [0.29, 0.717) is 10.2 Å². The van der Waals surface area contributed by atoms with Gasteiger partial charge in [0.1, 0.15) is 11.9 Å². The maximum atomic E-state index is 13.8. The van der Waals surface area contributed by atoms with E-state index in [1.54, 1.807) is 19.1 Å². The Morgan fingerprint density at radius 3 is 2.39 bits per heavy atom. The van der Waals surface area contributed by atoms with Gasteiger partial charge >= 0.3 is 6.18 Å². The molecule has 0 aliphatic heterocycles. The van der Waals surface area contributed by atoms with Gasteiger partial charge in [-0.1, -0.05) is 22.9 Å². The van der Waals surface area contributed by atoms with Gasteiger partial charge in [-0.25, -0.2) is 9.07 Å². The van der Waals surface area contributed by atoms with Crippen LogP contribution >= 0.6 is 0 Å². The average Bonchev–Trinajstić information content (AvgIpc) is 3.42. The van der Waals surface area contributed by atoms with E-state index in [-0.39, 0.29) is 17.4 Å². The van der Waals surface area contributed by atoms with Crippen molar-refractivity contribution < 1.29 is 26.9 Å². The molecule has 0 spiro atoms. The molecule has 0 saturated heterocycles. The summed E-state index contributed by atoms with van der Waals surface area (Å²) in [6.45, 7) is 3.29. The van der Waals surface area contributed by atoms with Gasteiger partial charge in [0.15, 0.2) is 5.69 Å². The second-order valence-electron chi connectivity index (χ2n) is 7.31. The number of nitrogens with one attached hydrogen (secondary N) is 1. The zero-order chi connectivity index (χ0) is 23.8. The smallest absolute Gasteiger partial charge is 0.340 e. The molecule has 170 valence electrons. The minimum atomic E-state index is -4.84. The van der Waals surface area contributed by atoms with Crippen LogP contribution in [-0.4, -0.2) is 25.8 Å². The number of hydrogen-bond acceptors (Lipinski definition) is 5. The van der Waals surface area contributed by atoms with Crippen LogP contribution in [0.2, 0.25) is 0 Å². The lowest BCUT2D eigenvalue weighted by Crippen LogP contribution is -2.29. The molecule has 1 amide bonds. The Labute approximate surface area is 185 Å². The van der Waals surface area contributed by atoms with Crippen LogP contribution in [0.15, 0.2) is 59.3 Å². The summed E-state index contributed by atoms with van der Waals surface area (Å²) in [7, 11) is 0. The third-order valence-electron chi connectivity index (χ3n) is 4.82. The van der Waals surface area contributed by atoms with Crippen molar-refractivity contribution >= 4 is 5.91 Å². The van der Waals surface area contributed by atoms with E-state index in [1.807, 2.05) is 0 Å². The summed E-state index contributed by atoms with van der Waals surface area (Å²) < 4.78 is 60.4. The largest absolute Gasteiger partial charge is 0.434 e. The lowest BCUT2D eigenvalue weighted by atomic mass is 10.2. The topological polar surface area (TPSA) is 85.8 Å². The lowest BCUT2D eigenvalue weighted by Gasteiger charge is -2.14. The van der Waals surface area contributed by atoms with Gasteiger partial charge in [0.2, 0.25) is 11.7 Å². The van der Waals surface area contributed by atoms with Crippen molar-refractivity contribution in [2.75, 3.05) is 0 Å². The van der Waals surface area contributed by atoms with E-state index in [1.165, 1.54) is 43.3 Å². The molecule has 1 N–H and O–H groups in total. The lowest BCUT2D eigenvalue weighted by molar-refractivity contribution is -0.143. The fourth-order valence-electron chi connectivity index (χ4n) is 3.13. The fourth-order valence-corrected chi connectivity index (χ4v) is 3.13. The first kappa shape index (κ1) is 22.2. The minimum Gasteiger partial charge on any atom is -0.340 e. The molecule has 0 aliphatic rings. The van der Waals surface area contributed by atoms with Gasteiger partial charge in [-0.3, -0.25) is 4.79 Å². The van der Waals surface area contributed by atoms with Crippen LogP contribution in [0, 0.1) is 12.7 Å². The molecule has 4 aromatic rings. The van der Waals surface area contributed by atoms with Gasteiger partial charge in [0.05, 0.1) is 17.4 Å². The molecule has 33 heavy (non-hydrogen) atoms. The van der Waals surface area contributed by atoms with Gasteiger partial charge in [-0.2, -0.15) is 23.3 Å². The maximum Gasteiger partial charge on any atom is 0.434 e. The molecule has 0 fully saturated rings. The summed E-state index contributed by atoms with van der Waals surface area (Å²) >= 11 is 0. The number of carbonyl (C=O) groups excluding carboxylic acids is 1. The molecule has 2 aromatic carbocycles. The van der Waals surface area contributed by atoms with E-state index < -0.39 is 35.2 Å². The molecule has 0 radical (unpaired) electrons. The summed E-state index contributed by atoms with van der Waals surface area (Å²) in [5.74, 6) is -1.32. The van der Waals surface area contributed by atoms with E-state index >= 15 is 0 Å². The molecule has 11 heteroatoms. The number of halogens is 4. The Balaban J connectivity index is 1.58. The van der Waals surface area contributed by atoms with Crippen molar-refractivity contribution in [3.8, 4) is 17.1 Å². The Kier molecular flexibility index (Phi) is 5.71. The standard InChI is InChI=1S/C22H17F4N5O2/c1-12-3-9-16(10-4-12)31-18(22(24,25)26)17(11-27-31)20(32)28-13(2)21-29-19(30-33-21)14-5-7-15(23)8-6-14/h3-11,13H,1-2H3,(H,28,32). The summed E-state index contributed by atoms with van der Waals surface area (Å²) in [5.41, 5.74) is -0.336. The van der Waals surface area contributed by atoms with Crippen molar-refractivity contribution in [1.29, 1.82) is 0 Å². The Bertz CT molecular complexity index is 1280. The quantitative estimate of drug-likeness (QED) is 0.430. The second-order valence-corrected chi connectivity index (χ2v) is 7.31. The number of benzene rings is 2. The first-order valence-electron chi connectivity index (χ1n) is 9.76. The molecule has 0 aliphatic carbocycles. The summed E-state index contributed by atoms with van der Waals surface area (Å²) in [4.78, 5) is 16.8. The monoisotopic (exact) mass is 459 g/mol. The first-order chi connectivity index (χ1) is 15.6. The van der Waals surface area contributed by atoms with E-state index in [9.17, 15) is 22.4 Å². The van der Waals surface area contributed by atoms with Gasteiger partial charge in [-0.05, 0) is 50.2 Å². The number of hydrogen-bond donors (Lipinski definition) is 1. The van der Waals surface area contributed by atoms with Crippen molar-refractivity contribution in [3.05, 3.63) is 83.3 Å². The highest BCUT2D eigenvalue weighted by Crippen LogP contribution is 2.34. The average molecular weight is 459 g/mol. The van der Waals surface area contributed by atoms with Crippen LogP contribution in [0.25, 0.3) is 17.1 Å². The zero-order valence-corrected chi connectivity index (χ0v) is 17.4. The summed E-state index contributed by atoms with van der Waals surface area (Å²) in [6.07, 6.45) is -3.97. The molecule has 1 atom stereocenters. The van der Waals surface area contributed by atoms with E-state index in [2.05, 4.69) is 20.6 Å². The first-order valence-corrected chi connectivity index (χ1v) is 9.76. The molecule has 2 aromatic heterocycles. The van der Waals surface area contributed by atoms with Gasteiger partial charge in [0.25, 0.3) is 5.91 Å². The van der Waals surface area contributed by atoms with Crippen LogP contribution in [0.1, 0.15) is 40.5 Å². The van der Waals surface area contributed by atoms with Crippen LogP contribution in [0.4, 0.5) is 17.6 Å². The van der Waals surface area contributed by atoms with Crippen molar-refractivity contribution in [1.82, 2.24) is 25.2 Å². The molecular formula is C22H17F4N5O2. The second kappa shape index (κ2) is 8.49. The molecular weight excluding hydrogens is 442 g/mol. The number of aryl methyl sites for hydroxylation is 1. The van der Waals surface area contributed by atoms with E-state index in [4.69, 9.17) is 4.52 Å². The van der Waals surface area contributed by atoms with Gasteiger partial charge in [0, 0.05) is 5.56 Å². The normalized spacial score (nSPS) is 12.5. The van der Waals surface area contributed by atoms with Crippen molar-refractivity contribution in [2.24, 2.45) is 0 Å². The SMILES string of the molecule is Cc1ccc(-n2ncc(C(=O)NC(C)c3nc(-c4ccc(F)cc4)no3)c2C(F)(F)F)cc1. The number of carbonyl (C=O) groups is 1. The Hall–Kier alpha value is -4.02. The molecule has 2 heterocycles. The third-order valence-corrected chi connectivity index (χ3v) is 4.82. The number of rotatable bonds is 5. The maximum absolute atomic E-state index is 13.8. The summed E-state index contributed by atoms with van der Waals surface area (Å²) in [5, 5.41) is 9.98. The number of nitrogens with zero attached hydrogens (tertiary/aromatic N) is 4. The molecule has 7 nitrogen and oxygen atoms in total. The van der Waals surface area contributed by atoms with Gasteiger partial charge in [-0.15, -0.1) is 0 Å². The van der Waals surface area contributed by atoms with Crippen molar-refractivity contribution in [3.63, 3.8) is 0 Å². The molecule has 0 bridgehead atoms. The fraction of sp³-hybridized carbons (Fsp3) is 0.182. The summed E-state index contributed by atoms with van der Waals surface area (Å²) in [6, 6.07) is 10.7. The molecule has 1 unspecified atom stereocenters. The predicted octanol–water partition coefficient (Wildman–Crippen LogP) is 4.88.